The van der Waals surface area contributed by atoms with Gasteiger partial charge in [-0.1, -0.05) is 19.6 Å². The predicted octanol–water partition coefficient (Wildman–Crippen LogP) is 5.48. The molecule has 4 rings (SSSR count). The summed E-state index contributed by atoms with van der Waals surface area (Å²) in [6.07, 6.45) is 10.1. The largest absolute Gasteiger partial charge is 0.357 e. The number of carbonyl (C=O) groups excluding carboxylic acids is 1. The van der Waals surface area contributed by atoms with Crippen LogP contribution < -0.4 is 10.2 Å². The molecule has 4 heterocycles. The van der Waals surface area contributed by atoms with Crippen molar-refractivity contribution in [1.29, 1.82) is 0 Å². The zero-order valence-electron chi connectivity index (χ0n) is 20.2. The van der Waals surface area contributed by atoms with Gasteiger partial charge in [0.2, 0.25) is 0 Å². The van der Waals surface area contributed by atoms with Gasteiger partial charge in [0.1, 0.15) is 11.6 Å². The monoisotopic (exact) mass is 456 g/mol. The van der Waals surface area contributed by atoms with Gasteiger partial charge < -0.3 is 15.1 Å². The number of allylic oxidation sites excluding steroid dienone is 2. The molecular weight excluding hydrogens is 424 g/mol. The van der Waals surface area contributed by atoms with Gasteiger partial charge in [-0.3, -0.25) is 4.79 Å². The van der Waals surface area contributed by atoms with Crippen molar-refractivity contribution in [2.45, 2.75) is 39.5 Å². The minimum atomic E-state index is -0.215. The summed E-state index contributed by atoms with van der Waals surface area (Å²) < 4.78 is 0. The molecule has 0 unspecified atom stereocenters. The molecule has 1 amide bonds. The number of nitrogens with one attached hydrogen (secondary N) is 1. The van der Waals surface area contributed by atoms with Crippen molar-refractivity contribution in [1.82, 2.24) is 19.9 Å². The van der Waals surface area contributed by atoms with E-state index in [9.17, 15) is 4.79 Å². The fourth-order valence-corrected chi connectivity index (χ4v) is 4.11. The van der Waals surface area contributed by atoms with E-state index < -0.39 is 0 Å². The Hall–Kier alpha value is -3.74. The number of hydrogen-bond donors (Lipinski definition) is 1. The number of pyridine rings is 3. The summed E-state index contributed by atoms with van der Waals surface area (Å²) in [4.78, 5) is 30.9. The number of aromatic nitrogens is 3. The Kier molecular flexibility index (Phi) is 7.21. The summed E-state index contributed by atoms with van der Waals surface area (Å²) in [6, 6.07) is 9.29. The van der Waals surface area contributed by atoms with Gasteiger partial charge >= 0.3 is 0 Å². The fraction of sp³-hybridized carbons (Fsp3) is 0.333. The summed E-state index contributed by atoms with van der Waals surface area (Å²) >= 11 is 0. The lowest BCUT2D eigenvalue weighted by molar-refractivity contribution is 0.102. The maximum atomic E-state index is 12.9. The third-order valence-corrected chi connectivity index (χ3v) is 6.23. The lowest BCUT2D eigenvalue weighted by Crippen LogP contribution is -2.30. The number of fused-ring (bicyclic) bond motifs is 1. The smallest absolute Gasteiger partial charge is 0.257 e. The van der Waals surface area contributed by atoms with Gasteiger partial charge in [-0.05, 0) is 56.9 Å². The first-order valence-corrected chi connectivity index (χ1v) is 11.8. The molecule has 0 radical (unpaired) electrons. The van der Waals surface area contributed by atoms with Crippen molar-refractivity contribution in [3.63, 3.8) is 0 Å². The zero-order valence-corrected chi connectivity index (χ0v) is 20.2. The van der Waals surface area contributed by atoms with Crippen molar-refractivity contribution < 1.29 is 4.79 Å². The van der Waals surface area contributed by atoms with Gasteiger partial charge in [-0.2, -0.15) is 0 Å². The van der Waals surface area contributed by atoms with E-state index in [-0.39, 0.29) is 5.91 Å². The van der Waals surface area contributed by atoms with Crippen molar-refractivity contribution >= 4 is 34.1 Å². The Morgan fingerprint density at radius 2 is 1.97 bits per heavy atom. The lowest BCUT2D eigenvalue weighted by atomic mass is 10.1. The molecule has 0 aromatic carbocycles. The second kappa shape index (κ2) is 10.5. The number of carbonyl (C=O) groups is 1. The molecular formula is C27H32N6O. The van der Waals surface area contributed by atoms with E-state index in [4.69, 9.17) is 4.98 Å². The molecule has 7 nitrogen and oxygen atoms in total. The van der Waals surface area contributed by atoms with Crippen LogP contribution in [0.4, 0.5) is 11.6 Å². The van der Waals surface area contributed by atoms with Crippen LogP contribution in [0.5, 0.6) is 0 Å². The Balaban J connectivity index is 1.53. The van der Waals surface area contributed by atoms with E-state index in [0.717, 1.165) is 66.2 Å². The lowest BCUT2D eigenvalue weighted by Gasteiger charge is -2.27. The van der Waals surface area contributed by atoms with E-state index in [1.54, 1.807) is 24.5 Å². The van der Waals surface area contributed by atoms with Gasteiger partial charge in [0.25, 0.3) is 5.91 Å². The summed E-state index contributed by atoms with van der Waals surface area (Å²) in [5, 5.41) is 3.81. The normalized spacial score (nSPS) is 14.2. The average Bonchev–Trinajstić information content (AvgIpc) is 2.88. The highest BCUT2D eigenvalue weighted by Crippen LogP contribution is 2.23. The summed E-state index contributed by atoms with van der Waals surface area (Å²) in [5.41, 5.74) is 4.03. The van der Waals surface area contributed by atoms with Gasteiger partial charge in [0.05, 0.1) is 16.9 Å². The van der Waals surface area contributed by atoms with E-state index in [0.29, 0.717) is 11.4 Å². The maximum Gasteiger partial charge on any atom is 0.257 e. The highest BCUT2D eigenvalue weighted by atomic mass is 16.1. The van der Waals surface area contributed by atoms with Crippen LogP contribution in [0.1, 0.15) is 55.6 Å². The molecule has 7 heteroatoms. The first-order valence-electron chi connectivity index (χ1n) is 11.8. The molecule has 3 aromatic heterocycles. The van der Waals surface area contributed by atoms with Crippen LogP contribution in [0, 0.1) is 0 Å². The highest BCUT2D eigenvalue weighted by Gasteiger charge is 2.15. The molecule has 0 saturated carbocycles. The molecule has 0 aliphatic carbocycles. The van der Waals surface area contributed by atoms with E-state index in [1.165, 1.54) is 6.42 Å². The third-order valence-electron chi connectivity index (χ3n) is 6.23. The van der Waals surface area contributed by atoms with Crippen LogP contribution in [0.2, 0.25) is 0 Å². The predicted molar refractivity (Wildman–Crippen MR) is 139 cm³/mol. The van der Waals surface area contributed by atoms with Gasteiger partial charge in [0, 0.05) is 55.2 Å². The van der Waals surface area contributed by atoms with E-state index in [1.807, 2.05) is 30.1 Å². The quantitative estimate of drug-likeness (QED) is 0.507. The van der Waals surface area contributed by atoms with Crippen molar-refractivity contribution in [2.24, 2.45) is 0 Å². The van der Waals surface area contributed by atoms with Crippen LogP contribution >= 0.6 is 0 Å². The van der Waals surface area contributed by atoms with Crippen molar-refractivity contribution in [3.05, 3.63) is 72.3 Å². The molecule has 1 N–H and O–H groups in total. The Morgan fingerprint density at radius 1 is 1.18 bits per heavy atom. The van der Waals surface area contributed by atoms with Crippen LogP contribution in [0.15, 0.2) is 61.1 Å². The average molecular weight is 457 g/mol. The molecule has 1 aliphatic rings. The number of nitrogens with zero attached hydrogens (tertiary/aromatic N) is 5. The standard InChI is InChI=1S/C27H32N6O/c1-5-9-19(2)32(4)20(3)23-11-10-22-18-29-25(17-24(22)30-23)31-27(34)21-12-13-28-26(16-21)33-14-7-6-8-15-33/h9-13,16-18H,3,5-8,14-15H2,1-2,4H3,(H,29,31,34)/b19-9+. The number of piperidine rings is 1. The minimum absolute atomic E-state index is 0.215. The number of anilines is 2. The first kappa shape index (κ1) is 23.4. The highest BCUT2D eigenvalue weighted by molar-refractivity contribution is 6.04. The zero-order chi connectivity index (χ0) is 24.1. The molecule has 176 valence electrons. The van der Waals surface area contributed by atoms with Crippen LogP contribution in [-0.2, 0) is 0 Å². The third kappa shape index (κ3) is 5.25. The summed E-state index contributed by atoms with van der Waals surface area (Å²) in [6.45, 7) is 10.3. The van der Waals surface area contributed by atoms with Crippen LogP contribution in [-0.4, -0.2) is 45.9 Å². The number of rotatable bonds is 7. The van der Waals surface area contributed by atoms with Crippen molar-refractivity contribution in [2.75, 3.05) is 30.4 Å². The minimum Gasteiger partial charge on any atom is -0.357 e. The topological polar surface area (TPSA) is 74.2 Å². The Labute approximate surface area is 201 Å². The molecule has 0 spiro atoms. The van der Waals surface area contributed by atoms with Crippen molar-refractivity contribution in [3.8, 4) is 0 Å². The SMILES string of the molecule is C=C(c1ccc2cnc(NC(=O)c3ccnc(N4CCCCC4)c3)cc2n1)N(C)/C(C)=C/CC. The second-order valence-corrected chi connectivity index (χ2v) is 8.62. The van der Waals surface area contributed by atoms with E-state index in [2.05, 4.69) is 46.7 Å². The summed E-state index contributed by atoms with van der Waals surface area (Å²) in [7, 11) is 1.99. The van der Waals surface area contributed by atoms with Gasteiger partial charge in [0.15, 0.2) is 0 Å². The second-order valence-electron chi connectivity index (χ2n) is 8.62. The van der Waals surface area contributed by atoms with Crippen LogP contribution in [0.3, 0.4) is 0 Å². The molecule has 34 heavy (non-hydrogen) atoms. The molecule has 3 aromatic rings. The van der Waals surface area contributed by atoms with E-state index >= 15 is 0 Å². The molecule has 0 bridgehead atoms. The first-order chi connectivity index (χ1) is 16.5. The Morgan fingerprint density at radius 3 is 2.74 bits per heavy atom. The number of amides is 1. The maximum absolute atomic E-state index is 12.9. The summed E-state index contributed by atoms with van der Waals surface area (Å²) in [5.74, 6) is 1.09. The van der Waals surface area contributed by atoms with Gasteiger partial charge in [-0.15, -0.1) is 0 Å². The van der Waals surface area contributed by atoms with Gasteiger partial charge in [-0.25, -0.2) is 15.0 Å². The van der Waals surface area contributed by atoms with Crippen LogP contribution in [0.25, 0.3) is 16.6 Å². The fourth-order valence-electron chi connectivity index (χ4n) is 4.11. The Bertz CT molecular complexity index is 1230. The number of hydrogen-bond acceptors (Lipinski definition) is 6. The molecule has 1 aliphatic heterocycles. The molecule has 1 saturated heterocycles. The molecule has 0 atom stereocenters. The molecule has 1 fully saturated rings.